The first kappa shape index (κ1) is 11.7. The minimum atomic E-state index is -0.200. The molecular formula is C11H11N3O2S. The summed E-state index contributed by atoms with van der Waals surface area (Å²) in [6.45, 7) is 1.75. The van der Waals surface area contributed by atoms with Gasteiger partial charge in [0, 0.05) is 19.4 Å². The van der Waals surface area contributed by atoms with Gasteiger partial charge in [-0.3, -0.25) is 19.3 Å². The molecule has 17 heavy (non-hydrogen) atoms. The molecule has 2 heterocycles. The van der Waals surface area contributed by atoms with Crippen LogP contribution in [0.5, 0.6) is 0 Å². The molecule has 6 heteroatoms. The van der Waals surface area contributed by atoms with Crippen molar-refractivity contribution < 1.29 is 9.59 Å². The van der Waals surface area contributed by atoms with E-state index in [0.29, 0.717) is 16.1 Å². The number of carbonyl (C=O) groups is 2. The maximum Gasteiger partial charge on any atom is 0.182 e. The first-order valence-corrected chi connectivity index (χ1v) is 5.91. The Morgan fingerprint density at radius 2 is 2.18 bits per heavy atom. The normalized spacial score (nSPS) is 10.5. The van der Waals surface area contributed by atoms with Crippen molar-refractivity contribution in [1.82, 2.24) is 14.8 Å². The number of carbonyl (C=O) groups excluding carboxylic acids is 2. The predicted octanol–water partition coefficient (Wildman–Crippen LogP) is 1.64. The first-order valence-electron chi connectivity index (χ1n) is 5.03. The van der Waals surface area contributed by atoms with Gasteiger partial charge in [0.25, 0.3) is 0 Å². The Kier molecular flexibility index (Phi) is 3.14. The first-order chi connectivity index (χ1) is 8.08. The van der Waals surface area contributed by atoms with Gasteiger partial charge in [0.15, 0.2) is 11.6 Å². The molecule has 0 aliphatic heterocycles. The molecule has 0 fully saturated rings. The second-order valence-electron chi connectivity index (χ2n) is 3.69. The summed E-state index contributed by atoms with van der Waals surface area (Å²) < 4.78 is 1.57. The number of ketones is 2. The van der Waals surface area contributed by atoms with Crippen LogP contribution in [0.3, 0.4) is 0 Å². The summed E-state index contributed by atoms with van der Waals surface area (Å²) in [4.78, 5) is 28.0. The Hall–Kier alpha value is -1.82. The van der Waals surface area contributed by atoms with Gasteiger partial charge >= 0.3 is 0 Å². The third-order valence-electron chi connectivity index (χ3n) is 2.34. The standard InChI is InChI=1S/C11H11N3O2S/c1-7-8(5-14(2)13-7)9(15)3-10(16)11-4-12-6-17-11/h4-6H,3H2,1-2H3. The summed E-state index contributed by atoms with van der Waals surface area (Å²) in [5.41, 5.74) is 2.73. The summed E-state index contributed by atoms with van der Waals surface area (Å²) in [6.07, 6.45) is 2.99. The molecule has 0 aliphatic rings. The molecule has 88 valence electrons. The lowest BCUT2D eigenvalue weighted by molar-refractivity contribution is 0.0896. The fourth-order valence-electron chi connectivity index (χ4n) is 1.56. The van der Waals surface area contributed by atoms with E-state index in [-0.39, 0.29) is 18.0 Å². The summed E-state index contributed by atoms with van der Waals surface area (Å²) >= 11 is 1.24. The molecule has 0 radical (unpaired) electrons. The van der Waals surface area contributed by atoms with Crippen LogP contribution in [-0.2, 0) is 7.05 Å². The van der Waals surface area contributed by atoms with Crippen molar-refractivity contribution in [1.29, 1.82) is 0 Å². The second kappa shape index (κ2) is 4.58. The fourth-order valence-corrected chi connectivity index (χ4v) is 2.12. The number of nitrogens with zero attached hydrogens (tertiary/aromatic N) is 3. The highest BCUT2D eigenvalue weighted by Gasteiger charge is 2.18. The number of aromatic nitrogens is 3. The van der Waals surface area contributed by atoms with Crippen LogP contribution < -0.4 is 0 Å². The predicted molar refractivity (Wildman–Crippen MR) is 63.3 cm³/mol. The van der Waals surface area contributed by atoms with Crippen molar-refractivity contribution >= 4 is 22.9 Å². The average molecular weight is 249 g/mol. The zero-order valence-corrected chi connectivity index (χ0v) is 10.3. The average Bonchev–Trinajstić information content (AvgIpc) is 2.87. The Bertz CT molecular complexity index is 557. The minimum absolute atomic E-state index is 0.130. The zero-order chi connectivity index (χ0) is 12.4. The molecule has 0 aliphatic carbocycles. The van der Waals surface area contributed by atoms with Crippen LogP contribution in [0.15, 0.2) is 17.9 Å². The lowest BCUT2D eigenvalue weighted by Gasteiger charge is -1.96. The van der Waals surface area contributed by atoms with E-state index in [1.807, 2.05) is 0 Å². The van der Waals surface area contributed by atoms with Gasteiger partial charge in [-0.05, 0) is 6.92 Å². The highest BCUT2D eigenvalue weighted by molar-refractivity contribution is 7.11. The number of thiazole rings is 1. The molecule has 0 saturated carbocycles. The third-order valence-corrected chi connectivity index (χ3v) is 3.16. The Morgan fingerprint density at radius 1 is 1.41 bits per heavy atom. The quantitative estimate of drug-likeness (QED) is 0.610. The van der Waals surface area contributed by atoms with E-state index >= 15 is 0 Å². The van der Waals surface area contributed by atoms with Gasteiger partial charge in [0.1, 0.15) is 0 Å². The Morgan fingerprint density at radius 3 is 2.71 bits per heavy atom. The van der Waals surface area contributed by atoms with Crippen molar-refractivity contribution in [2.75, 3.05) is 0 Å². The van der Waals surface area contributed by atoms with Gasteiger partial charge in [-0.1, -0.05) is 0 Å². The molecule has 0 bridgehead atoms. The molecule has 0 atom stereocenters. The van der Waals surface area contributed by atoms with E-state index in [0.717, 1.165) is 0 Å². The molecule has 0 spiro atoms. The van der Waals surface area contributed by atoms with E-state index in [4.69, 9.17) is 0 Å². The second-order valence-corrected chi connectivity index (χ2v) is 4.58. The number of hydrogen-bond acceptors (Lipinski definition) is 5. The zero-order valence-electron chi connectivity index (χ0n) is 9.51. The Labute approximate surface area is 102 Å². The van der Waals surface area contributed by atoms with Crippen LogP contribution >= 0.6 is 11.3 Å². The molecule has 0 aromatic carbocycles. The van der Waals surface area contributed by atoms with Gasteiger partial charge in [0.2, 0.25) is 0 Å². The highest BCUT2D eigenvalue weighted by Crippen LogP contribution is 2.13. The number of Topliss-reactive ketones (excluding diaryl/α,β-unsaturated/α-hetero) is 2. The maximum atomic E-state index is 11.9. The van der Waals surface area contributed by atoms with Crippen LogP contribution in [0.1, 0.15) is 32.1 Å². The van der Waals surface area contributed by atoms with Crippen molar-refractivity contribution in [2.24, 2.45) is 7.05 Å². The fraction of sp³-hybridized carbons (Fsp3) is 0.273. The van der Waals surface area contributed by atoms with Crippen LogP contribution in [-0.4, -0.2) is 26.3 Å². The van der Waals surface area contributed by atoms with Crippen LogP contribution in [0.2, 0.25) is 0 Å². The van der Waals surface area contributed by atoms with Crippen molar-refractivity contribution in [3.63, 3.8) is 0 Å². The summed E-state index contributed by atoms with van der Waals surface area (Å²) in [5.74, 6) is -0.394. The molecule has 0 amide bonds. The lowest BCUT2D eigenvalue weighted by atomic mass is 10.1. The highest BCUT2D eigenvalue weighted by atomic mass is 32.1. The summed E-state index contributed by atoms with van der Waals surface area (Å²) in [6, 6.07) is 0. The largest absolute Gasteiger partial charge is 0.294 e. The summed E-state index contributed by atoms with van der Waals surface area (Å²) in [7, 11) is 1.74. The van der Waals surface area contributed by atoms with E-state index in [1.165, 1.54) is 17.5 Å². The van der Waals surface area contributed by atoms with Gasteiger partial charge < -0.3 is 0 Å². The minimum Gasteiger partial charge on any atom is -0.294 e. The maximum absolute atomic E-state index is 11.9. The van der Waals surface area contributed by atoms with E-state index < -0.39 is 0 Å². The lowest BCUT2D eigenvalue weighted by Crippen LogP contribution is -2.07. The van der Waals surface area contributed by atoms with Crippen LogP contribution in [0.25, 0.3) is 0 Å². The van der Waals surface area contributed by atoms with Gasteiger partial charge in [-0.25, -0.2) is 0 Å². The molecular weight excluding hydrogens is 238 g/mol. The van der Waals surface area contributed by atoms with Gasteiger partial charge in [-0.15, -0.1) is 11.3 Å². The molecule has 2 rings (SSSR count). The van der Waals surface area contributed by atoms with E-state index in [1.54, 1.807) is 30.4 Å². The van der Waals surface area contributed by atoms with Crippen molar-refractivity contribution in [3.05, 3.63) is 34.0 Å². The van der Waals surface area contributed by atoms with Crippen molar-refractivity contribution in [3.8, 4) is 0 Å². The molecule has 5 nitrogen and oxygen atoms in total. The van der Waals surface area contributed by atoms with Gasteiger partial charge in [0.05, 0.1) is 28.1 Å². The summed E-state index contributed by atoms with van der Waals surface area (Å²) in [5, 5.41) is 4.08. The number of rotatable bonds is 4. The molecule has 0 saturated heterocycles. The van der Waals surface area contributed by atoms with E-state index in [2.05, 4.69) is 10.1 Å². The molecule has 2 aromatic heterocycles. The third kappa shape index (κ3) is 2.47. The monoisotopic (exact) mass is 249 g/mol. The molecule has 0 unspecified atom stereocenters. The van der Waals surface area contributed by atoms with Gasteiger partial charge in [-0.2, -0.15) is 5.10 Å². The van der Waals surface area contributed by atoms with Crippen molar-refractivity contribution in [2.45, 2.75) is 13.3 Å². The molecule has 0 N–H and O–H groups in total. The smallest absolute Gasteiger partial charge is 0.182 e. The van der Waals surface area contributed by atoms with Crippen LogP contribution in [0.4, 0.5) is 0 Å². The molecule has 2 aromatic rings. The van der Waals surface area contributed by atoms with Crippen LogP contribution in [0, 0.1) is 6.92 Å². The number of aryl methyl sites for hydroxylation is 2. The van der Waals surface area contributed by atoms with E-state index in [9.17, 15) is 9.59 Å². The number of hydrogen-bond donors (Lipinski definition) is 0. The SMILES string of the molecule is Cc1nn(C)cc1C(=O)CC(=O)c1cncs1. The topological polar surface area (TPSA) is 64.8 Å². The Balaban J connectivity index is 2.12.